The van der Waals surface area contributed by atoms with E-state index in [9.17, 15) is 17.6 Å². The number of sulfonamides is 1. The molecule has 3 N–H and O–H groups in total. The van der Waals surface area contributed by atoms with Crippen molar-refractivity contribution in [1.29, 1.82) is 0 Å². The molecule has 9 nitrogen and oxygen atoms in total. The molecule has 3 heterocycles. The van der Waals surface area contributed by atoms with E-state index in [0.717, 1.165) is 12.1 Å². The summed E-state index contributed by atoms with van der Waals surface area (Å²) in [5.41, 5.74) is -0.852. The molecule has 0 bridgehead atoms. The Morgan fingerprint density at radius 3 is 2.59 bits per heavy atom. The van der Waals surface area contributed by atoms with Gasteiger partial charge in [0.15, 0.2) is 10.8 Å². The van der Waals surface area contributed by atoms with E-state index in [0.29, 0.717) is 17.2 Å². The van der Waals surface area contributed by atoms with Gasteiger partial charge in [0.1, 0.15) is 23.6 Å². The molecule has 12 heteroatoms. The quantitative estimate of drug-likeness (QED) is 0.339. The molecule has 0 aliphatic heterocycles. The highest BCUT2D eigenvalue weighted by Crippen LogP contribution is 2.30. The van der Waals surface area contributed by atoms with Gasteiger partial charge < -0.3 is 10.3 Å². The van der Waals surface area contributed by atoms with Crippen molar-refractivity contribution in [2.24, 2.45) is 0 Å². The van der Waals surface area contributed by atoms with Gasteiger partial charge in [-0.2, -0.15) is 8.42 Å². The second-order valence-corrected chi connectivity index (χ2v) is 9.41. The molecule has 0 fully saturated rings. The summed E-state index contributed by atoms with van der Waals surface area (Å²) in [6.07, 6.45) is 2.56. The number of halogens is 2. The van der Waals surface area contributed by atoms with Crippen LogP contribution in [0.15, 0.2) is 47.9 Å². The van der Waals surface area contributed by atoms with Crippen LogP contribution in [0.4, 0.5) is 20.3 Å². The molecule has 0 saturated carbocycles. The molecule has 0 aliphatic carbocycles. The maximum absolute atomic E-state index is 15.3. The van der Waals surface area contributed by atoms with Crippen molar-refractivity contribution >= 4 is 38.3 Å². The Balaban J connectivity index is 1.78. The molecule has 4 aromatic rings. The number of aromatic nitrogens is 4. The highest BCUT2D eigenvalue weighted by Gasteiger charge is 2.27. The molecule has 4 rings (SSSR count). The first-order valence-corrected chi connectivity index (χ1v) is 11.6. The van der Waals surface area contributed by atoms with E-state index in [-0.39, 0.29) is 22.0 Å². The van der Waals surface area contributed by atoms with Gasteiger partial charge >= 0.3 is 0 Å². The molecule has 0 radical (unpaired) electrons. The van der Waals surface area contributed by atoms with Crippen molar-refractivity contribution < 1.29 is 22.0 Å². The predicted molar refractivity (Wildman–Crippen MR) is 122 cm³/mol. The number of benzene rings is 1. The lowest BCUT2D eigenvalue weighted by molar-refractivity contribution is 0.103. The van der Waals surface area contributed by atoms with Gasteiger partial charge in [0.2, 0.25) is 5.78 Å². The molecule has 0 spiro atoms. The summed E-state index contributed by atoms with van der Waals surface area (Å²) in [5, 5.41) is 2.98. The van der Waals surface area contributed by atoms with Gasteiger partial charge in [0, 0.05) is 17.9 Å². The maximum Gasteiger partial charge on any atom is 0.279 e. The minimum Gasteiger partial charge on any atom is -0.367 e. The third-order valence-corrected chi connectivity index (χ3v) is 6.11. The number of fused-ring (bicyclic) bond motifs is 1. The second-order valence-electron chi connectivity index (χ2n) is 7.78. The lowest BCUT2D eigenvalue weighted by Crippen LogP contribution is -2.18. The summed E-state index contributed by atoms with van der Waals surface area (Å²) in [7, 11) is -4.29. The van der Waals surface area contributed by atoms with Crippen LogP contribution in [0.25, 0.3) is 11.0 Å². The molecule has 0 saturated heterocycles. The van der Waals surface area contributed by atoms with Gasteiger partial charge in [0.25, 0.3) is 10.0 Å². The molecule has 34 heavy (non-hydrogen) atoms. The number of aromatic amines is 1. The first kappa shape index (κ1) is 23.2. The van der Waals surface area contributed by atoms with E-state index < -0.39 is 38.7 Å². The SMILES string of the molecule is Cc1cccc(S(=O)(=O)Nc2ccc(F)c(C(=O)c3c[nH]c4ncnc(NC(C)C)c34)c2F)n1. The Morgan fingerprint density at radius 2 is 1.88 bits per heavy atom. The lowest BCUT2D eigenvalue weighted by atomic mass is 10.0. The highest BCUT2D eigenvalue weighted by molar-refractivity contribution is 7.92. The Labute approximate surface area is 193 Å². The summed E-state index contributed by atoms with van der Waals surface area (Å²) in [6.45, 7) is 5.32. The third-order valence-electron chi connectivity index (χ3n) is 4.84. The first-order valence-electron chi connectivity index (χ1n) is 10.2. The molecule has 1 aromatic carbocycles. The van der Waals surface area contributed by atoms with Crippen molar-refractivity contribution in [2.75, 3.05) is 10.0 Å². The Hall–Kier alpha value is -3.93. The van der Waals surface area contributed by atoms with Gasteiger partial charge in [-0.15, -0.1) is 0 Å². The summed E-state index contributed by atoms with van der Waals surface area (Å²) in [5.74, 6) is -3.19. The standard InChI is InChI=1S/C22H20F2N6O3S/c1-11(2)28-22-17-13(9-25-21(17)26-10-27-22)20(31)18-14(23)7-8-15(19(18)24)30-34(32,33)16-6-4-5-12(3)29-16/h4-11,30H,1-3H3,(H2,25,26,27,28). The molecule has 0 aliphatic rings. The van der Waals surface area contributed by atoms with Crippen LogP contribution >= 0.6 is 0 Å². The summed E-state index contributed by atoms with van der Waals surface area (Å²) >= 11 is 0. The van der Waals surface area contributed by atoms with Crippen LogP contribution in [0.3, 0.4) is 0 Å². The number of pyridine rings is 1. The minimum atomic E-state index is -4.29. The fourth-order valence-corrected chi connectivity index (χ4v) is 4.44. The van der Waals surface area contributed by atoms with Crippen LogP contribution in [0, 0.1) is 18.6 Å². The maximum atomic E-state index is 15.3. The van der Waals surface area contributed by atoms with Gasteiger partial charge in [-0.05, 0) is 45.0 Å². The van der Waals surface area contributed by atoms with Crippen LogP contribution in [-0.2, 0) is 10.0 Å². The van der Waals surface area contributed by atoms with E-state index in [4.69, 9.17) is 0 Å². The smallest absolute Gasteiger partial charge is 0.279 e. The molecule has 0 amide bonds. The Morgan fingerprint density at radius 1 is 1.12 bits per heavy atom. The molecule has 0 atom stereocenters. The number of nitrogens with zero attached hydrogens (tertiary/aromatic N) is 3. The van der Waals surface area contributed by atoms with Crippen LogP contribution in [0.1, 0.15) is 35.5 Å². The van der Waals surface area contributed by atoms with Crippen LogP contribution < -0.4 is 10.0 Å². The number of carbonyl (C=O) groups is 1. The van der Waals surface area contributed by atoms with E-state index in [1.807, 2.05) is 18.6 Å². The molecule has 3 aromatic heterocycles. The molecular formula is C22H20F2N6O3S. The summed E-state index contributed by atoms with van der Waals surface area (Å²) in [6, 6.07) is 5.99. The number of aryl methyl sites for hydroxylation is 1. The summed E-state index contributed by atoms with van der Waals surface area (Å²) in [4.78, 5) is 28.1. The predicted octanol–water partition coefficient (Wildman–Crippen LogP) is 3.79. The second kappa shape index (κ2) is 8.78. The normalized spacial score (nSPS) is 11.7. The third kappa shape index (κ3) is 4.31. The monoisotopic (exact) mass is 486 g/mol. The number of rotatable bonds is 7. The number of nitrogens with one attached hydrogen (secondary N) is 3. The number of anilines is 2. The number of carbonyl (C=O) groups excluding carboxylic acids is 1. The number of hydrogen-bond donors (Lipinski definition) is 3. The van der Waals surface area contributed by atoms with Crippen molar-refractivity contribution in [3.8, 4) is 0 Å². The van der Waals surface area contributed by atoms with Crippen molar-refractivity contribution in [3.63, 3.8) is 0 Å². The van der Waals surface area contributed by atoms with Crippen LogP contribution in [0.2, 0.25) is 0 Å². The average molecular weight is 487 g/mol. The van der Waals surface area contributed by atoms with Gasteiger partial charge in [0.05, 0.1) is 22.2 Å². The first-order chi connectivity index (χ1) is 16.1. The van der Waals surface area contributed by atoms with Crippen LogP contribution in [0.5, 0.6) is 0 Å². The number of hydrogen-bond acceptors (Lipinski definition) is 7. The number of ketones is 1. The topological polar surface area (TPSA) is 130 Å². The molecular weight excluding hydrogens is 466 g/mol. The van der Waals surface area contributed by atoms with Gasteiger partial charge in [-0.25, -0.2) is 23.7 Å². The zero-order valence-corrected chi connectivity index (χ0v) is 19.2. The Kier molecular flexibility index (Phi) is 6.00. The van der Waals surface area contributed by atoms with Crippen LogP contribution in [-0.4, -0.2) is 40.2 Å². The van der Waals surface area contributed by atoms with E-state index >= 15 is 4.39 Å². The van der Waals surface area contributed by atoms with Crippen molar-refractivity contribution in [2.45, 2.75) is 31.8 Å². The lowest BCUT2D eigenvalue weighted by Gasteiger charge is -2.13. The van der Waals surface area contributed by atoms with E-state index in [1.165, 1.54) is 24.7 Å². The largest absolute Gasteiger partial charge is 0.367 e. The highest BCUT2D eigenvalue weighted by atomic mass is 32.2. The fraction of sp³-hybridized carbons (Fsp3) is 0.182. The minimum absolute atomic E-state index is 0.0441. The summed E-state index contributed by atoms with van der Waals surface area (Å²) < 4.78 is 57.4. The van der Waals surface area contributed by atoms with Gasteiger partial charge in [-0.1, -0.05) is 6.07 Å². The van der Waals surface area contributed by atoms with E-state index in [2.05, 4.69) is 25.3 Å². The van der Waals surface area contributed by atoms with Crippen molar-refractivity contribution in [1.82, 2.24) is 19.9 Å². The zero-order chi connectivity index (χ0) is 24.6. The average Bonchev–Trinajstić information content (AvgIpc) is 3.21. The molecule has 0 unspecified atom stereocenters. The Bertz CT molecular complexity index is 1520. The van der Waals surface area contributed by atoms with Gasteiger partial charge in [-0.3, -0.25) is 9.52 Å². The van der Waals surface area contributed by atoms with E-state index in [1.54, 1.807) is 13.0 Å². The van der Waals surface area contributed by atoms with Crippen molar-refractivity contribution in [3.05, 3.63) is 71.3 Å². The zero-order valence-electron chi connectivity index (χ0n) is 18.3. The molecule has 176 valence electrons. The fourth-order valence-electron chi connectivity index (χ4n) is 3.36. The number of H-pyrrole nitrogens is 1.